The highest BCUT2D eigenvalue weighted by Crippen LogP contribution is 2.44. The zero-order valence-electron chi connectivity index (χ0n) is 16.9. The molecule has 1 atom stereocenters. The molecule has 1 aliphatic heterocycles. The number of nitrogens with zero attached hydrogens (tertiary/aromatic N) is 2. The first kappa shape index (κ1) is 20.9. The third kappa shape index (κ3) is 3.43. The molecule has 0 aliphatic carbocycles. The molecule has 1 unspecified atom stereocenters. The normalized spacial score (nSPS) is 16.4. The van der Waals surface area contributed by atoms with Crippen LogP contribution in [-0.4, -0.2) is 21.8 Å². The van der Waals surface area contributed by atoms with Gasteiger partial charge in [-0.15, -0.1) is 11.3 Å². The third-order valence-electron chi connectivity index (χ3n) is 5.44. The van der Waals surface area contributed by atoms with Crippen LogP contribution in [0.15, 0.2) is 71.3 Å². The number of thiophene rings is 1. The maximum atomic E-state index is 13.3. The monoisotopic (exact) mass is 480 g/mol. The number of halogens is 1. The Morgan fingerprint density at radius 1 is 1.19 bits per heavy atom. The Balaban J connectivity index is 1.67. The summed E-state index contributed by atoms with van der Waals surface area (Å²) in [6.07, 6.45) is 0.890. The number of rotatable bonds is 5. The molecular formula is C24H17ClN2O3S2. The van der Waals surface area contributed by atoms with Crippen molar-refractivity contribution in [2.75, 3.05) is 4.90 Å². The number of aryl methyl sites for hydroxylation is 1. The van der Waals surface area contributed by atoms with Crippen molar-refractivity contribution >= 4 is 61.3 Å². The first-order valence-corrected chi connectivity index (χ1v) is 12.0. The lowest BCUT2D eigenvalue weighted by Crippen LogP contribution is -2.30. The first-order chi connectivity index (χ1) is 15.5. The van der Waals surface area contributed by atoms with Crippen LogP contribution in [0.25, 0.3) is 10.2 Å². The lowest BCUT2D eigenvalue weighted by molar-refractivity contribution is -0.117. The summed E-state index contributed by atoms with van der Waals surface area (Å²) in [6, 6.07) is 15.6. The SMILES string of the molecule is CCc1ccc2nc(N3C(=O)C(O)=C(C(=O)c4cccs4)C3c3ccc(Cl)cc3)sc2c1. The molecule has 0 radical (unpaired) electrons. The van der Waals surface area contributed by atoms with Crippen molar-refractivity contribution < 1.29 is 14.7 Å². The summed E-state index contributed by atoms with van der Waals surface area (Å²) in [7, 11) is 0. The number of aliphatic hydroxyl groups is 1. The third-order valence-corrected chi connectivity index (χ3v) is 7.58. The second-order valence-electron chi connectivity index (χ2n) is 7.35. The molecule has 3 heterocycles. The lowest BCUT2D eigenvalue weighted by atomic mass is 9.95. The number of Topliss-reactive ketones (excluding diaryl/α,β-unsaturated/α-hetero) is 1. The number of ketones is 1. The van der Waals surface area contributed by atoms with Gasteiger partial charge in [-0.1, -0.05) is 54.1 Å². The summed E-state index contributed by atoms with van der Waals surface area (Å²) in [5.74, 6) is -1.56. The van der Waals surface area contributed by atoms with Gasteiger partial charge in [0.15, 0.2) is 10.9 Å². The van der Waals surface area contributed by atoms with E-state index in [0.717, 1.165) is 16.6 Å². The van der Waals surface area contributed by atoms with Crippen LogP contribution in [-0.2, 0) is 11.2 Å². The summed E-state index contributed by atoms with van der Waals surface area (Å²) in [5, 5.41) is 13.6. The van der Waals surface area contributed by atoms with E-state index in [1.165, 1.54) is 33.1 Å². The van der Waals surface area contributed by atoms with Gasteiger partial charge >= 0.3 is 0 Å². The van der Waals surface area contributed by atoms with Crippen LogP contribution in [0.3, 0.4) is 0 Å². The number of aromatic nitrogens is 1. The van der Waals surface area contributed by atoms with E-state index in [1.54, 1.807) is 41.8 Å². The zero-order chi connectivity index (χ0) is 22.4. The van der Waals surface area contributed by atoms with Gasteiger partial charge in [0, 0.05) is 5.02 Å². The van der Waals surface area contributed by atoms with E-state index in [2.05, 4.69) is 18.0 Å². The highest BCUT2D eigenvalue weighted by atomic mass is 35.5. The number of amides is 1. The first-order valence-electron chi connectivity index (χ1n) is 9.97. The Hall–Kier alpha value is -3.00. The quantitative estimate of drug-likeness (QED) is 0.337. The maximum Gasteiger partial charge on any atom is 0.296 e. The molecule has 0 saturated heterocycles. The van der Waals surface area contributed by atoms with Crippen LogP contribution in [0.1, 0.15) is 33.8 Å². The van der Waals surface area contributed by atoms with Gasteiger partial charge in [-0.05, 0) is 53.3 Å². The lowest BCUT2D eigenvalue weighted by Gasteiger charge is -2.24. The molecule has 1 aliphatic rings. The van der Waals surface area contributed by atoms with Gasteiger partial charge in [0.2, 0.25) is 5.78 Å². The van der Waals surface area contributed by atoms with Crippen LogP contribution in [0, 0.1) is 0 Å². The van der Waals surface area contributed by atoms with Crippen molar-refractivity contribution in [3.8, 4) is 0 Å². The fourth-order valence-electron chi connectivity index (χ4n) is 3.82. The van der Waals surface area contributed by atoms with E-state index >= 15 is 0 Å². The second kappa shape index (κ2) is 8.16. The van der Waals surface area contributed by atoms with Crippen molar-refractivity contribution in [3.63, 3.8) is 0 Å². The van der Waals surface area contributed by atoms with Crippen molar-refractivity contribution in [1.29, 1.82) is 0 Å². The summed E-state index contributed by atoms with van der Waals surface area (Å²) in [5.41, 5.74) is 2.65. The smallest absolute Gasteiger partial charge is 0.296 e. The zero-order valence-corrected chi connectivity index (χ0v) is 19.3. The summed E-state index contributed by atoms with van der Waals surface area (Å²) < 4.78 is 0.944. The summed E-state index contributed by atoms with van der Waals surface area (Å²) in [6.45, 7) is 2.08. The topological polar surface area (TPSA) is 70.5 Å². The van der Waals surface area contributed by atoms with Crippen molar-refractivity contribution in [1.82, 2.24) is 4.98 Å². The van der Waals surface area contributed by atoms with E-state index < -0.39 is 17.7 Å². The van der Waals surface area contributed by atoms with Gasteiger partial charge in [0.1, 0.15) is 0 Å². The molecule has 1 N–H and O–H groups in total. The number of carbonyl (C=O) groups is 2. The van der Waals surface area contributed by atoms with E-state index in [4.69, 9.17) is 11.6 Å². The van der Waals surface area contributed by atoms with Gasteiger partial charge < -0.3 is 5.11 Å². The minimum atomic E-state index is -0.805. The van der Waals surface area contributed by atoms with E-state index in [-0.39, 0.29) is 11.4 Å². The molecule has 5 rings (SSSR count). The molecule has 160 valence electrons. The molecule has 8 heteroatoms. The molecule has 0 bridgehead atoms. The Morgan fingerprint density at radius 2 is 1.97 bits per heavy atom. The molecule has 2 aromatic carbocycles. The molecule has 2 aromatic heterocycles. The highest BCUT2D eigenvalue weighted by molar-refractivity contribution is 7.22. The van der Waals surface area contributed by atoms with Crippen LogP contribution in [0.5, 0.6) is 0 Å². The average Bonchev–Trinajstić information content (AvgIpc) is 3.52. The van der Waals surface area contributed by atoms with E-state index in [9.17, 15) is 14.7 Å². The van der Waals surface area contributed by atoms with Gasteiger partial charge in [-0.3, -0.25) is 14.5 Å². The number of benzene rings is 2. The van der Waals surface area contributed by atoms with Gasteiger partial charge in [-0.2, -0.15) is 0 Å². The predicted octanol–water partition coefficient (Wildman–Crippen LogP) is 6.36. The number of fused-ring (bicyclic) bond motifs is 1. The number of aliphatic hydroxyl groups excluding tert-OH is 1. The second-order valence-corrected chi connectivity index (χ2v) is 9.74. The highest BCUT2D eigenvalue weighted by Gasteiger charge is 2.46. The number of hydrogen-bond donors (Lipinski definition) is 1. The fourth-order valence-corrected chi connectivity index (χ4v) is 5.68. The van der Waals surface area contributed by atoms with Gasteiger partial charge in [0.25, 0.3) is 5.91 Å². The fraction of sp³-hybridized carbons (Fsp3) is 0.125. The summed E-state index contributed by atoms with van der Waals surface area (Å²) >= 11 is 8.70. The number of anilines is 1. The van der Waals surface area contributed by atoms with E-state index in [1.807, 2.05) is 12.1 Å². The van der Waals surface area contributed by atoms with Gasteiger partial charge in [-0.25, -0.2) is 4.98 Å². The molecule has 4 aromatic rings. The molecule has 1 amide bonds. The Bertz CT molecular complexity index is 1370. The van der Waals surface area contributed by atoms with E-state index in [0.29, 0.717) is 20.6 Å². The van der Waals surface area contributed by atoms with Crippen LogP contribution >= 0.6 is 34.3 Å². The molecule has 5 nitrogen and oxygen atoms in total. The minimum Gasteiger partial charge on any atom is -0.503 e. The van der Waals surface area contributed by atoms with Crippen molar-refractivity contribution in [2.45, 2.75) is 19.4 Å². The van der Waals surface area contributed by atoms with Crippen LogP contribution < -0.4 is 4.90 Å². The molecule has 0 saturated carbocycles. The van der Waals surface area contributed by atoms with Gasteiger partial charge in [0.05, 0.1) is 26.7 Å². The standard InChI is InChI=1S/C24H17ClN2O3S2/c1-2-13-5-10-16-18(12-13)32-24(26-16)27-20(14-6-8-15(25)9-7-14)19(22(29)23(27)30)21(28)17-4-3-11-31-17/h3-12,20,29H,2H2,1H3. The molecule has 0 fully saturated rings. The van der Waals surface area contributed by atoms with Crippen LogP contribution in [0.2, 0.25) is 5.02 Å². The van der Waals surface area contributed by atoms with Crippen molar-refractivity contribution in [2.24, 2.45) is 0 Å². The minimum absolute atomic E-state index is 0.0493. The maximum absolute atomic E-state index is 13.3. The number of hydrogen-bond acceptors (Lipinski definition) is 6. The van der Waals surface area contributed by atoms with Crippen molar-refractivity contribution in [3.05, 3.63) is 92.3 Å². The Labute approximate surface area is 197 Å². The van der Waals surface area contributed by atoms with Crippen LogP contribution in [0.4, 0.5) is 5.13 Å². The molecule has 32 heavy (non-hydrogen) atoms. The largest absolute Gasteiger partial charge is 0.503 e. The summed E-state index contributed by atoms with van der Waals surface area (Å²) in [4.78, 5) is 33.1. The molecule has 0 spiro atoms. The Morgan fingerprint density at radius 3 is 2.66 bits per heavy atom. The Kier molecular flexibility index (Phi) is 5.33. The number of thiazole rings is 1. The molecular weight excluding hydrogens is 464 g/mol. The predicted molar refractivity (Wildman–Crippen MR) is 129 cm³/mol. The average molecular weight is 481 g/mol. The number of carbonyl (C=O) groups excluding carboxylic acids is 2.